The third kappa shape index (κ3) is 3.63. The van der Waals surface area contributed by atoms with Gasteiger partial charge >= 0.3 is 0 Å². The van der Waals surface area contributed by atoms with Gasteiger partial charge in [-0.25, -0.2) is 4.98 Å². The smallest absolute Gasteiger partial charge is 0.270 e. The predicted octanol–water partition coefficient (Wildman–Crippen LogP) is 3.37. The monoisotopic (exact) mass is 407 g/mol. The summed E-state index contributed by atoms with van der Waals surface area (Å²) in [5.41, 5.74) is 0.331. The highest BCUT2D eigenvalue weighted by Gasteiger charge is 2.18. The fourth-order valence-electron chi connectivity index (χ4n) is 2.00. The number of nitrogens with zero attached hydrogens (tertiary/aromatic N) is 2. The third-order valence-electron chi connectivity index (χ3n) is 3.05. The van der Waals surface area contributed by atoms with E-state index in [0.717, 1.165) is 0 Å². The molecule has 0 aliphatic rings. The molecule has 0 aliphatic carbocycles. The zero-order chi connectivity index (χ0) is 17.7. The number of nitrogens with one attached hydrogen (secondary N) is 1. The van der Waals surface area contributed by atoms with Crippen molar-refractivity contribution in [2.45, 2.75) is 5.16 Å². The fourth-order valence-corrected chi connectivity index (χ4v) is 2.93. The Morgan fingerprint density at radius 3 is 2.88 bits per heavy atom. The summed E-state index contributed by atoms with van der Waals surface area (Å²) in [6.45, 7) is 3.93. The molecule has 1 aromatic heterocycles. The van der Waals surface area contributed by atoms with Gasteiger partial charge < -0.3 is 14.5 Å². The number of aromatic nitrogens is 2. The van der Waals surface area contributed by atoms with Crippen LogP contribution in [0.1, 0.15) is 5.56 Å². The van der Waals surface area contributed by atoms with Crippen molar-refractivity contribution in [3.63, 3.8) is 0 Å². The van der Waals surface area contributed by atoms with Crippen LogP contribution in [-0.2, 0) is 0 Å². The molecule has 0 amide bonds. The van der Waals surface area contributed by atoms with E-state index in [2.05, 4.69) is 32.5 Å². The average Bonchev–Trinajstić information content (AvgIpc) is 2.59. The largest absolute Gasteiger partial charge is 0.493 e. The van der Waals surface area contributed by atoms with Crippen LogP contribution in [0.3, 0.4) is 0 Å². The minimum absolute atomic E-state index is 0.0542. The number of aromatic amines is 1. The lowest BCUT2D eigenvalue weighted by molar-refractivity contribution is 0.324. The van der Waals surface area contributed by atoms with Gasteiger partial charge in [-0.3, -0.25) is 4.79 Å². The SMILES string of the molecule is C=CCOc1c(Br)cc(-c2nc(SC)[nH]c(=O)c2C#N)cc1OC. The lowest BCUT2D eigenvalue weighted by Crippen LogP contribution is -2.14. The van der Waals surface area contributed by atoms with E-state index in [1.165, 1.54) is 18.9 Å². The van der Waals surface area contributed by atoms with Crippen LogP contribution >= 0.6 is 27.7 Å². The maximum absolute atomic E-state index is 12.1. The standard InChI is InChI=1S/C16H14BrN3O3S/c1-4-5-23-14-11(17)6-9(7-12(14)22-2)13-10(8-18)15(21)20-16(19-13)24-3/h4,6-7H,1,5H2,2-3H3,(H,19,20,21). The first kappa shape index (κ1) is 18.1. The van der Waals surface area contributed by atoms with E-state index in [1.807, 2.05) is 6.07 Å². The molecular formula is C16H14BrN3O3S. The summed E-state index contributed by atoms with van der Waals surface area (Å²) in [6.07, 6.45) is 3.41. The third-order valence-corrected chi connectivity index (χ3v) is 4.22. The second-order valence-corrected chi connectivity index (χ2v) is 6.15. The number of rotatable bonds is 6. The number of benzene rings is 1. The predicted molar refractivity (Wildman–Crippen MR) is 96.7 cm³/mol. The molecule has 1 aromatic carbocycles. The van der Waals surface area contributed by atoms with E-state index in [9.17, 15) is 10.1 Å². The molecule has 0 saturated carbocycles. The normalized spacial score (nSPS) is 10.1. The molecule has 0 unspecified atom stereocenters. The molecule has 124 valence electrons. The first-order valence-corrected chi connectivity index (χ1v) is 8.77. The summed E-state index contributed by atoms with van der Waals surface area (Å²) in [4.78, 5) is 19.0. The van der Waals surface area contributed by atoms with Crippen molar-refractivity contribution < 1.29 is 9.47 Å². The lowest BCUT2D eigenvalue weighted by Gasteiger charge is -2.14. The highest BCUT2D eigenvalue weighted by atomic mass is 79.9. The van der Waals surface area contributed by atoms with Gasteiger partial charge in [-0.15, -0.1) is 0 Å². The molecule has 8 heteroatoms. The molecule has 0 saturated heterocycles. The highest BCUT2D eigenvalue weighted by molar-refractivity contribution is 9.10. The van der Waals surface area contributed by atoms with E-state index in [0.29, 0.717) is 39.0 Å². The average molecular weight is 408 g/mol. The van der Waals surface area contributed by atoms with Crippen molar-refractivity contribution in [1.29, 1.82) is 5.26 Å². The minimum Gasteiger partial charge on any atom is -0.493 e. The Balaban J connectivity index is 2.68. The van der Waals surface area contributed by atoms with Gasteiger partial charge in [0, 0.05) is 5.56 Å². The van der Waals surface area contributed by atoms with Crippen molar-refractivity contribution in [2.24, 2.45) is 0 Å². The molecule has 1 N–H and O–H groups in total. The first-order chi connectivity index (χ1) is 11.5. The molecule has 0 spiro atoms. The van der Waals surface area contributed by atoms with E-state index >= 15 is 0 Å². The maximum atomic E-state index is 12.1. The van der Waals surface area contributed by atoms with Gasteiger partial charge in [0.1, 0.15) is 18.2 Å². The summed E-state index contributed by atoms with van der Waals surface area (Å²) in [5.74, 6) is 0.965. The summed E-state index contributed by atoms with van der Waals surface area (Å²) in [7, 11) is 1.51. The lowest BCUT2D eigenvalue weighted by atomic mass is 10.1. The molecule has 24 heavy (non-hydrogen) atoms. The number of hydrogen-bond acceptors (Lipinski definition) is 6. The van der Waals surface area contributed by atoms with E-state index in [1.54, 1.807) is 24.5 Å². The molecule has 0 aliphatic heterocycles. The van der Waals surface area contributed by atoms with Gasteiger partial charge in [0.05, 0.1) is 17.3 Å². The van der Waals surface area contributed by atoms with Crippen molar-refractivity contribution in [2.75, 3.05) is 20.0 Å². The Morgan fingerprint density at radius 2 is 2.29 bits per heavy atom. The molecular weight excluding hydrogens is 394 g/mol. The van der Waals surface area contributed by atoms with Gasteiger partial charge in [-0.2, -0.15) is 5.26 Å². The fraction of sp³-hybridized carbons (Fsp3) is 0.188. The summed E-state index contributed by atoms with van der Waals surface area (Å²) in [6, 6.07) is 5.31. The van der Waals surface area contributed by atoms with Crippen LogP contribution in [-0.4, -0.2) is 29.9 Å². The zero-order valence-corrected chi connectivity index (χ0v) is 15.5. The second-order valence-electron chi connectivity index (χ2n) is 4.50. The molecule has 2 aromatic rings. The molecule has 0 radical (unpaired) electrons. The van der Waals surface area contributed by atoms with Crippen LogP contribution in [0, 0.1) is 11.3 Å². The molecule has 2 rings (SSSR count). The maximum Gasteiger partial charge on any atom is 0.270 e. The van der Waals surface area contributed by atoms with Crippen LogP contribution in [0.2, 0.25) is 0 Å². The van der Waals surface area contributed by atoms with Crippen molar-refractivity contribution in [3.8, 4) is 28.8 Å². The van der Waals surface area contributed by atoms with Crippen molar-refractivity contribution >= 4 is 27.7 Å². The molecule has 6 nitrogen and oxygen atoms in total. The van der Waals surface area contributed by atoms with E-state index in [4.69, 9.17) is 9.47 Å². The zero-order valence-electron chi connectivity index (χ0n) is 13.1. The number of methoxy groups -OCH3 is 1. The number of thioether (sulfide) groups is 1. The van der Waals surface area contributed by atoms with Crippen LogP contribution in [0.15, 0.2) is 39.2 Å². The van der Waals surface area contributed by atoms with Gasteiger partial charge in [0.2, 0.25) is 0 Å². The summed E-state index contributed by atoms with van der Waals surface area (Å²) < 4.78 is 11.6. The molecule has 1 heterocycles. The summed E-state index contributed by atoms with van der Waals surface area (Å²) in [5, 5.41) is 9.72. The Labute approximate surface area is 151 Å². The number of ether oxygens (including phenoxy) is 2. The Morgan fingerprint density at radius 1 is 1.54 bits per heavy atom. The number of H-pyrrole nitrogens is 1. The molecule has 0 fully saturated rings. The number of hydrogen-bond donors (Lipinski definition) is 1. The van der Waals surface area contributed by atoms with E-state index in [-0.39, 0.29) is 5.56 Å². The molecule has 0 bridgehead atoms. The van der Waals surface area contributed by atoms with Crippen LogP contribution in [0.4, 0.5) is 0 Å². The summed E-state index contributed by atoms with van der Waals surface area (Å²) >= 11 is 4.71. The van der Waals surface area contributed by atoms with Gasteiger partial charge in [0.25, 0.3) is 5.56 Å². The first-order valence-electron chi connectivity index (χ1n) is 6.75. The number of halogens is 1. The van der Waals surface area contributed by atoms with Crippen LogP contribution < -0.4 is 15.0 Å². The van der Waals surface area contributed by atoms with Gasteiger partial charge in [-0.1, -0.05) is 24.4 Å². The Kier molecular flexibility index (Phi) is 6.06. The number of nitriles is 1. The van der Waals surface area contributed by atoms with Gasteiger partial charge in [0.15, 0.2) is 16.7 Å². The molecule has 0 atom stereocenters. The van der Waals surface area contributed by atoms with Crippen LogP contribution in [0.25, 0.3) is 11.3 Å². The quantitative estimate of drug-likeness (QED) is 0.448. The van der Waals surface area contributed by atoms with Gasteiger partial charge in [-0.05, 0) is 34.3 Å². The van der Waals surface area contributed by atoms with Crippen molar-refractivity contribution in [3.05, 3.63) is 45.2 Å². The Bertz CT molecular complexity index is 874. The minimum atomic E-state index is -0.478. The van der Waals surface area contributed by atoms with Crippen molar-refractivity contribution in [1.82, 2.24) is 9.97 Å². The van der Waals surface area contributed by atoms with E-state index < -0.39 is 5.56 Å². The highest BCUT2D eigenvalue weighted by Crippen LogP contribution is 2.39. The Hall–Kier alpha value is -2.24. The van der Waals surface area contributed by atoms with Crippen LogP contribution in [0.5, 0.6) is 11.5 Å². The topological polar surface area (TPSA) is 88.0 Å². The second kappa shape index (κ2) is 8.04.